The Labute approximate surface area is 153 Å². The quantitative estimate of drug-likeness (QED) is 0.876. The number of hydrogen-bond donors (Lipinski definition) is 1. The van der Waals surface area contributed by atoms with Gasteiger partial charge in [-0.2, -0.15) is 0 Å². The normalized spacial score (nSPS) is 25.4. The molecule has 25 heavy (non-hydrogen) atoms. The highest BCUT2D eigenvalue weighted by molar-refractivity contribution is 7.13. The fourth-order valence-corrected chi connectivity index (χ4v) is 5.36. The van der Waals surface area contributed by atoms with Crippen LogP contribution in [0.1, 0.15) is 50.3 Å². The second-order valence-electron chi connectivity index (χ2n) is 7.20. The van der Waals surface area contributed by atoms with Gasteiger partial charge in [0, 0.05) is 40.9 Å². The highest BCUT2D eigenvalue weighted by atomic mass is 32.1. The number of aliphatic hydroxyl groups is 1. The second kappa shape index (κ2) is 7.44. The lowest BCUT2D eigenvalue weighted by Crippen LogP contribution is -2.48. The minimum absolute atomic E-state index is 0.484. The van der Waals surface area contributed by atoms with Crippen LogP contribution in [0.5, 0.6) is 5.88 Å². The summed E-state index contributed by atoms with van der Waals surface area (Å²) >= 11 is 1.67. The van der Waals surface area contributed by atoms with Crippen LogP contribution in [-0.2, 0) is 0 Å². The number of aromatic nitrogens is 1. The van der Waals surface area contributed by atoms with E-state index in [1.165, 1.54) is 38.5 Å². The Bertz CT molecular complexity index is 698. The van der Waals surface area contributed by atoms with Crippen LogP contribution in [0.4, 0.5) is 0 Å². The standard InChI is InChI=1S/C20H26N2O2S/c1-24-19-9-8-15(12-21-19)18-11-16(13-25-18)20(23)22-10-4-6-14-5-2-3-7-17(14)22/h8-9,11-14,17,20,23H,2-7,10H2,1H3. The topological polar surface area (TPSA) is 45.6 Å². The Morgan fingerprint density at radius 2 is 2.08 bits per heavy atom. The van der Waals surface area contributed by atoms with Crippen molar-refractivity contribution >= 4 is 11.3 Å². The minimum Gasteiger partial charge on any atom is -0.481 e. The SMILES string of the molecule is COc1ccc(-c2cc(C(O)N3CCCC4CCCCC43)cs2)cn1. The van der Waals surface area contributed by atoms with Gasteiger partial charge < -0.3 is 9.84 Å². The van der Waals surface area contributed by atoms with Gasteiger partial charge in [0.2, 0.25) is 5.88 Å². The van der Waals surface area contributed by atoms with E-state index in [-0.39, 0.29) is 0 Å². The summed E-state index contributed by atoms with van der Waals surface area (Å²) in [4.78, 5) is 7.78. The van der Waals surface area contributed by atoms with Gasteiger partial charge in [0.1, 0.15) is 6.23 Å². The van der Waals surface area contributed by atoms with Crippen molar-refractivity contribution < 1.29 is 9.84 Å². The lowest BCUT2D eigenvalue weighted by molar-refractivity contribution is -0.0728. The number of thiophene rings is 1. The van der Waals surface area contributed by atoms with Gasteiger partial charge >= 0.3 is 0 Å². The van der Waals surface area contributed by atoms with E-state index in [0.717, 1.165) is 28.5 Å². The highest BCUT2D eigenvalue weighted by Crippen LogP contribution is 2.40. The van der Waals surface area contributed by atoms with E-state index in [9.17, 15) is 5.11 Å². The number of aliphatic hydroxyl groups excluding tert-OH is 1. The van der Waals surface area contributed by atoms with Crippen molar-refractivity contribution in [3.8, 4) is 16.3 Å². The van der Waals surface area contributed by atoms with E-state index in [2.05, 4.69) is 21.3 Å². The first-order chi connectivity index (χ1) is 12.3. The molecule has 1 aliphatic carbocycles. The molecule has 3 unspecified atom stereocenters. The predicted octanol–water partition coefficient (Wildman–Crippen LogP) is 4.46. The maximum Gasteiger partial charge on any atom is 0.212 e. The molecular formula is C20H26N2O2S. The van der Waals surface area contributed by atoms with E-state index in [1.807, 2.05) is 18.3 Å². The molecule has 5 heteroatoms. The molecule has 0 amide bonds. The number of fused-ring (bicyclic) bond motifs is 1. The molecule has 2 aromatic rings. The molecule has 134 valence electrons. The summed E-state index contributed by atoms with van der Waals surface area (Å²) in [6.45, 7) is 1.01. The number of piperidine rings is 1. The minimum atomic E-state index is -0.484. The summed E-state index contributed by atoms with van der Waals surface area (Å²) in [5.74, 6) is 1.40. The molecule has 1 saturated carbocycles. The van der Waals surface area contributed by atoms with E-state index in [1.54, 1.807) is 18.4 Å². The Kier molecular flexibility index (Phi) is 5.06. The zero-order chi connectivity index (χ0) is 17.2. The van der Waals surface area contributed by atoms with Crippen LogP contribution >= 0.6 is 11.3 Å². The van der Waals surface area contributed by atoms with Crippen molar-refractivity contribution in [3.05, 3.63) is 35.3 Å². The summed E-state index contributed by atoms with van der Waals surface area (Å²) in [6.07, 6.45) is 9.12. The molecule has 2 fully saturated rings. The number of methoxy groups -OCH3 is 1. The molecule has 1 N–H and O–H groups in total. The molecule has 1 saturated heterocycles. The maximum atomic E-state index is 11.0. The molecular weight excluding hydrogens is 332 g/mol. The summed E-state index contributed by atoms with van der Waals surface area (Å²) in [6, 6.07) is 6.57. The number of nitrogens with zero attached hydrogens (tertiary/aromatic N) is 2. The Morgan fingerprint density at radius 1 is 1.24 bits per heavy atom. The third-order valence-corrected chi connectivity index (χ3v) is 6.75. The maximum absolute atomic E-state index is 11.0. The number of rotatable bonds is 4. The number of pyridine rings is 1. The van der Waals surface area contributed by atoms with Gasteiger partial charge in [0.05, 0.1) is 7.11 Å². The number of hydrogen-bond acceptors (Lipinski definition) is 5. The van der Waals surface area contributed by atoms with Gasteiger partial charge in [0.25, 0.3) is 0 Å². The molecule has 2 aromatic heterocycles. The Morgan fingerprint density at radius 3 is 2.88 bits per heavy atom. The van der Waals surface area contributed by atoms with Crippen molar-refractivity contribution in [2.45, 2.75) is 50.8 Å². The summed E-state index contributed by atoms with van der Waals surface area (Å²) in [5.41, 5.74) is 2.08. The van der Waals surface area contributed by atoms with Crippen molar-refractivity contribution in [2.24, 2.45) is 5.92 Å². The first kappa shape index (κ1) is 17.0. The smallest absolute Gasteiger partial charge is 0.212 e. The van der Waals surface area contributed by atoms with Gasteiger partial charge in [-0.3, -0.25) is 4.90 Å². The van der Waals surface area contributed by atoms with E-state index in [4.69, 9.17) is 4.74 Å². The number of ether oxygens (including phenoxy) is 1. The van der Waals surface area contributed by atoms with Crippen molar-refractivity contribution in [1.29, 1.82) is 0 Å². The lowest BCUT2D eigenvalue weighted by atomic mass is 9.78. The van der Waals surface area contributed by atoms with Gasteiger partial charge in [-0.25, -0.2) is 4.98 Å². The summed E-state index contributed by atoms with van der Waals surface area (Å²) < 4.78 is 5.12. The molecule has 0 radical (unpaired) electrons. The van der Waals surface area contributed by atoms with Crippen LogP contribution < -0.4 is 4.74 Å². The first-order valence-corrected chi connectivity index (χ1v) is 10.2. The molecule has 4 nitrogen and oxygen atoms in total. The zero-order valence-corrected chi connectivity index (χ0v) is 15.5. The lowest BCUT2D eigenvalue weighted by Gasteiger charge is -2.46. The monoisotopic (exact) mass is 358 g/mol. The molecule has 0 bridgehead atoms. The van der Waals surface area contributed by atoms with E-state index in [0.29, 0.717) is 11.9 Å². The summed E-state index contributed by atoms with van der Waals surface area (Å²) in [7, 11) is 1.62. The average Bonchev–Trinajstić information content (AvgIpc) is 3.17. The van der Waals surface area contributed by atoms with Gasteiger partial charge in [0.15, 0.2) is 0 Å². The third-order valence-electron chi connectivity index (χ3n) is 5.75. The molecule has 1 aliphatic heterocycles. The number of likely N-dealkylation sites (tertiary alicyclic amines) is 1. The van der Waals surface area contributed by atoms with Crippen LogP contribution in [0, 0.1) is 5.92 Å². The molecule has 2 aliphatic rings. The van der Waals surface area contributed by atoms with Crippen molar-refractivity contribution in [3.63, 3.8) is 0 Å². The highest BCUT2D eigenvalue weighted by Gasteiger charge is 2.36. The Balaban J connectivity index is 1.52. The first-order valence-electron chi connectivity index (χ1n) is 9.29. The van der Waals surface area contributed by atoms with Crippen LogP contribution in [-0.4, -0.2) is 34.7 Å². The van der Waals surface area contributed by atoms with Gasteiger partial charge in [-0.15, -0.1) is 11.3 Å². The molecule has 0 aromatic carbocycles. The molecule has 3 atom stereocenters. The molecule has 3 heterocycles. The summed E-state index contributed by atoms with van der Waals surface area (Å²) in [5, 5.41) is 13.1. The third kappa shape index (κ3) is 3.46. The predicted molar refractivity (Wildman–Crippen MR) is 101 cm³/mol. The largest absolute Gasteiger partial charge is 0.481 e. The van der Waals surface area contributed by atoms with Crippen LogP contribution in [0.25, 0.3) is 10.4 Å². The van der Waals surface area contributed by atoms with Gasteiger partial charge in [-0.05, 0) is 49.1 Å². The molecule has 4 rings (SSSR count). The fourth-order valence-electron chi connectivity index (χ4n) is 4.44. The van der Waals surface area contributed by atoms with Crippen molar-refractivity contribution in [2.75, 3.05) is 13.7 Å². The van der Waals surface area contributed by atoms with Crippen LogP contribution in [0.2, 0.25) is 0 Å². The van der Waals surface area contributed by atoms with Crippen LogP contribution in [0.3, 0.4) is 0 Å². The van der Waals surface area contributed by atoms with E-state index >= 15 is 0 Å². The Hall–Kier alpha value is -1.43. The fraction of sp³-hybridized carbons (Fsp3) is 0.550. The van der Waals surface area contributed by atoms with Gasteiger partial charge in [-0.1, -0.05) is 12.8 Å². The van der Waals surface area contributed by atoms with Crippen LogP contribution in [0.15, 0.2) is 29.8 Å². The zero-order valence-electron chi connectivity index (χ0n) is 14.7. The second-order valence-corrected chi connectivity index (χ2v) is 8.11. The van der Waals surface area contributed by atoms with Crippen molar-refractivity contribution in [1.82, 2.24) is 9.88 Å². The molecule has 0 spiro atoms. The average molecular weight is 359 g/mol. The van der Waals surface area contributed by atoms with E-state index < -0.39 is 6.23 Å².